The minimum Gasteiger partial charge on any atom is -0.206 e. The zero-order chi connectivity index (χ0) is 16.8. The summed E-state index contributed by atoms with van der Waals surface area (Å²) in [6.45, 7) is 0. The van der Waals surface area contributed by atoms with E-state index in [2.05, 4.69) is 0 Å². The van der Waals surface area contributed by atoms with Crippen molar-refractivity contribution in [1.29, 1.82) is 0 Å². The lowest BCUT2D eigenvalue weighted by Crippen LogP contribution is -1.94. The van der Waals surface area contributed by atoms with Crippen molar-refractivity contribution in [3.63, 3.8) is 0 Å². The Labute approximate surface area is 153 Å². The predicted octanol–water partition coefficient (Wildman–Crippen LogP) is 8.35. The van der Waals surface area contributed by atoms with Crippen LogP contribution >= 0.6 is 69.6 Å². The first kappa shape index (κ1) is 18.3. The van der Waals surface area contributed by atoms with E-state index in [0.717, 1.165) is 6.07 Å². The number of hydrogen-bond donors (Lipinski definition) is 0. The van der Waals surface area contributed by atoms with Crippen LogP contribution < -0.4 is 0 Å². The van der Waals surface area contributed by atoms with Gasteiger partial charge in [0.2, 0.25) is 0 Å². The summed E-state index contributed by atoms with van der Waals surface area (Å²) in [5.41, 5.74) is -0.950. The monoisotopic (exact) mass is 426 g/mol. The molecular weight excluding hydrogens is 426 g/mol. The fourth-order valence-corrected chi connectivity index (χ4v) is 3.35. The molecule has 0 bridgehead atoms. The Morgan fingerprint density at radius 1 is 0.727 bits per heavy atom. The lowest BCUT2D eigenvalue weighted by atomic mass is 10.0. The molecule has 0 unspecified atom stereocenters. The summed E-state index contributed by atoms with van der Waals surface area (Å²) < 4.78 is 39.6. The average Bonchev–Trinajstić information content (AvgIpc) is 2.46. The summed E-state index contributed by atoms with van der Waals surface area (Å²) >= 11 is 35.4. The van der Waals surface area contributed by atoms with Crippen LogP contribution in [0.5, 0.6) is 0 Å². The van der Waals surface area contributed by atoms with Gasteiger partial charge >= 0.3 is 0 Å². The minimum absolute atomic E-state index is 0.0806. The van der Waals surface area contributed by atoms with Gasteiger partial charge in [0.25, 0.3) is 6.43 Å². The predicted molar refractivity (Wildman–Crippen MR) is 86.9 cm³/mol. The van der Waals surface area contributed by atoms with Gasteiger partial charge in [-0.1, -0.05) is 69.6 Å². The number of rotatable bonds is 2. The van der Waals surface area contributed by atoms with Crippen LogP contribution in [0.2, 0.25) is 30.1 Å². The molecule has 2 aromatic carbocycles. The van der Waals surface area contributed by atoms with Crippen LogP contribution in [0, 0.1) is 5.82 Å². The Bertz CT molecular complexity index is 731. The van der Waals surface area contributed by atoms with Gasteiger partial charge in [0.1, 0.15) is 5.82 Å². The van der Waals surface area contributed by atoms with Crippen molar-refractivity contribution in [3.05, 3.63) is 53.6 Å². The maximum atomic E-state index is 14.2. The molecule has 0 nitrogen and oxygen atoms in total. The van der Waals surface area contributed by atoms with Crippen LogP contribution in [0.1, 0.15) is 12.0 Å². The molecule has 2 aromatic rings. The Morgan fingerprint density at radius 3 is 1.64 bits per heavy atom. The van der Waals surface area contributed by atoms with Crippen LogP contribution in [0.15, 0.2) is 12.1 Å². The first-order valence-electron chi connectivity index (χ1n) is 5.45. The normalized spacial score (nSPS) is 11.4. The molecule has 0 saturated carbocycles. The van der Waals surface area contributed by atoms with Gasteiger partial charge in [-0.15, -0.1) is 0 Å². The molecule has 0 aliphatic heterocycles. The van der Waals surface area contributed by atoms with Crippen LogP contribution in [-0.2, 0) is 0 Å². The third-order valence-corrected chi connectivity index (χ3v) is 5.40. The Hall–Kier alpha value is -0.0300. The van der Waals surface area contributed by atoms with Crippen molar-refractivity contribution in [2.45, 2.75) is 6.43 Å². The van der Waals surface area contributed by atoms with Gasteiger partial charge in [-0.2, -0.15) is 0 Å². The molecule has 0 aliphatic rings. The summed E-state index contributed by atoms with van der Waals surface area (Å²) in [5, 5.41) is -1.05. The first-order valence-corrected chi connectivity index (χ1v) is 7.72. The second-order valence-electron chi connectivity index (χ2n) is 4.10. The third-order valence-electron chi connectivity index (χ3n) is 2.80. The average molecular weight is 429 g/mol. The standard InChI is InChI=1S/C13H3Cl6F3/c14-5-1-4(6(20)2-3(5)13(21)22)7-8(15)10(17)12(19)11(18)9(7)16/h1-2,13H. The van der Waals surface area contributed by atoms with E-state index < -0.39 is 17.8 Å². The molecular formula is C13H3Cl6F3. The van der Waals surface area contributed by atoms with E-state index in [0.29, 0.717) is 6.07 Å². The molecule has 0 heterocycles. The van der Waals surface area contributed by atoms with Crippen molar-refractivity contribution in [1.82, 2.24) is 0 Å². The molecule has 0 atom stereocenters. The second-order valence-corrected chi connectivity index (χ2v) is 6.40. The lowest BCUT2D eigenvalue weighted by molar-refractivity contribution is 0.151. The first-order chi connectivity index (χ1) is 10.2. The van der Waals surface area contributed by atoms with Crippen LogP contribution in [0.25, 0.3) is 11.1 Å². The molecule has 2 rings (SSSR count). The molecule has 118 valence electrons. The maximum absolute atomic E-state index is 14.2. The van der Waals surface area contributed by atoms with Crippen molar-refractivity contribution in [3.8, 4) is 11.1 Å². The Kier molecular flexibility index (Phi) is 5.69. The minimum atomic E-state index is -2.93. The molecule has 0 amide bonds. The van der Waals surface area contributed by atoms with E-state index in [1.807, 2.05) is 0 Å². The molecule has 0 aromatic heterocycles. The number of benzene rings is 2. The Morgan fingerprint density at radius 2 is 1.18 bits per heavy atom. The van der Waals surface area contributed by atoms with E-state index in [1.54, 1.807) is 0 Å². The van der Waals surface area contributed by atoms with Gasteiger partial charge in [0, 0.05) is 16.7 Å². The fraction of sp³-hybridized carbons (Fsp3) is 0.0769. The second kappa shape index (κ2) is 6.84. The van der Waals surface area contributed by atoms with Crippen molar-refractivity contribution in [2.24, 2.45) is 0 Å². The molecule has 9 heteroatoms. The van der Waals surface area contributed by atoms with E-state index >= 15 is 0 Å². The highest BCUT2D eigenvalue weighted by Gasteiger charge is 2.24. The quantitative estimate of drug-likeness (QED) is 0.333. The molecule has 0 radical (unpaired) electrons. The summed E-state index contributed by atoms with van der Waals surface area (Å²) in [6.07, 6.45) is -2.93. The molecule has 22 heavy (non-hydrogen) atoms. The van der Waals surface area contributed by atoms with E-state index in [-0.39, 0.29) is 41.3 Å². The van der Waals surface area contributed by atoms with Crippen molar-refractivity contribution in [2.75, 3.05) is 0 Å². The summed E-state index contributed by atoms with van der Waals surface area (Å²) in [5.74, 6) is -1.00. The van der Waals surface area contributed by atoms with E-state index in [1.165, 1.54) is 0 Å². The van der Waals surface area contributed by atoms with E-state index in [4.69, 9.17) is 69.6 Å². The zero-order valence-corrected chi connectivity index (χ0v) is 14.7. The third kappa shape index (κ3) is 3.12. The molecule has 0 fully saturated rings. The van der Waals surface area contributed by atoms with Gasteiger partial charge < -0.3 is 0 Å². The fourth-order valence-electron chi connectivity index (χ4n) is 1.76. The number of alkyl halides is 2. The maximum Gasteiger partial charge on any atom is 0.265 e. The zero-order valence-electron chi connectivity index (χ0n) is 10.1. The summed E-state index contributed by atoms with van der Waals surface area (Å²) in [7, 11) is 0. The number of halogens is 9. The number of hydrogen-bond acceptors (Lipinski definition) is 0. The SMILES string of the molecule is Fc1cc(C(F)F)c(Cl)cc1-c1c(Cl)c(Cl)c(Cl)c(Cl)c1Cl. The van der Waals surface area contributed by atoms with Crippen LogP contribution in [-0.4, -0.2) is 0 Å². The van der Waals surface area contributed by atoms with Crippen LogP contribution in [0.4, 0.5) is 13.2 Å². The van der Waals surface area contributed by atoms with Gasteiger partial charge in [-0.25, -0.2) is 13.2 Å². The van der Waals surface area contributed by atoms with Crippen molar-refractivity contribution < 1.29 is 13.2 Å². The van der Waals surface area contributed by atoms with Crippen LogP contribution in [0.3, 0.4) is 0 Å². The molecule has 0 saturated heterocycles. The smallest absolute Gasteiger partial charge is 0.206 e. The molecule has 0 aliphatic carbocycles. The van der Waals surface area contributed by atoms with Crippen molar-refractivity contribution >= 4 is 69.6 Å². The van der Waals surface area contributed by atoms with Gasteiger partial charge in [0.05, 0.1) is 30.1 Å². The van der Waals surface area contributed by atoms with Gasteiger partial charge in [-0.3, -0.25) is 0 Å². The van der Waals surface area contributed by atoms with Gasteiger partial charge in [-0.05, 0) is 12.1 Å². The lowest BCUT2D eigenvalue weighted by Gasteiger charge is -2.15. The Balaban J connectivity index is 2.81. The van der Waals surface area contributed by atoms with Gasteiger partial charge in [0.15, 0.2) is 0 Å². The highest BCUT2D eigenvalue weighted by Crippen LogP contribution is 2.49. The topological polar surface area (TPSA) is 0 Å². The summed E-state index contributed by atoms with van der Waals surface area (Å²) in [6, 6.07) is 1.58. The molecule has 0 spiro atoms. The highest BCUT2D eigenvalue weighted by molar-refractivity contribution is 6.56. The van der Waals surface area contributed by atoms with E-state index in [9.17, 15) is 13.2 Å². The highest BCUT2D eigenvalue weighted by atomic mass is 35.5. The summed E-state index contributed by atoms with van der Waals surface area (Å²) in [4.78, 5) is 0. The largest absolute Gasteiger partial charge is 0.265 e. The molecule has 0 N–H and O–H groups in total.